The van der Waals surface area contributed by atoms with E-state index in [1.165, 1.54) is 11.1 Å². The molecule has 0 aliphatic heterocycles. The number of nitrogens with one attached hydrogen (secondary N) is 1. The SMILES string of the molecule is CCOc1ccc(CC(=O)OCC(=O)Nc2ccc3c(c2)CCC3)cc1OCC. The number of amides is 1. The molecule has 0 unspecified atom stereocenters. The molecule has 0 fully saturated rings. The molecule has 0 spiro atoms. The van der Waals surface area contributed by atoms with E-state index in [4.69, 9.17) is 14.2 Å². The molecule has 1 aliphatic rings. The zero-order valence-electron chi connectivity index (χ0n) is 17.0. The summed E-state index contributed by atoms with van der Waals surface area (Å²) in [7, 11) is 0. The first-order valence-electron chi connectivity index (χ1n) is 10.0. The summed E-state index contributed by atoms with van der Waals surface area (Å²) in [6, 6.07) is 11.3. The zero-order valence-corrected chi connectivity index (χ0v) is 17.0. The van der Waals surface area contributed by atoms with E-state index in [0.29, 0.717) is 24.7 Å². The van der Waals surface area contributed by atoms with Crippen LogP contribution in [-0.4, -0.2) is 31.7 Å². The van der Waals surface area contributed by atoms with E-state index in [0.717, 1.165) is 30.5 Å². The van der Waals surface area contributed by atoms with E-state index in [-0.39, 0.29) is 18.9 Å². The van der Waals surface area contributed by atoms with E-state index >= 15 is 0 Å². The van der Waals surface area contributed by atoms with Gasteiger partial charge < -0.3 is 19.5 Å². The topological polar surface area (TPSA) is 73.9 Å². The number of carbonyl (C=O) groups is 2. The molecule has 0 aromatic heterocycles. The van der Waals surface area contributed by atoms with Crippen molar-refractivity contribution in [3.8, 4) is 11.5 Å². The summed E-state index contributed by atoms with van der Waals surface area (Å²) >= 11 is 0. The third-order valence-corrected chi connectivity index (χ3v) is 4.70. The van der Waals surface area contributed by atoms with Gasteiger partial charge in [-0.3, -0.25) is 9.59 Å². The molecule has 29 heavy (non-hydrogen) atoms. The van der Waals surface area contributed by atoms with Gasteiger partial charge in [0.2, 0.25) is 0 Å². The lowest BCUT2D eigenvalue weighted by molar-refractivity contribution is -0.146. The minimum Gasteiger partial charge on any atom is -0.490 e. The van der Waals surface area contributed by atoms with E-state index < -0.39 is 5.97 Å². The molecule has 2 aromatic rings. The van der Waals surface area contributed by atoms with Crippen LogP contribution in [0.5, 0.6) is 11.5 Å². The third-order valence-electron chi connectivity index (χ3n) is 4.70. The summed E-state index contributed by atoms with van der Waals surface area (Å²) in [5, 5.41) is 2.79. The summed E-state index contributed by atoms with van der Waals surface area (Å²) in [5.41, 5.74) is 4.09. The van der Waals surface area contributed by atoms with Gasteiger partial charge in [-0.05, 0) is 74.1 Å². The summed E-state index contributed by atoms with van der Waals surface area (Å²) < 4.78 is 16.2. The van der Waals surface area contributed by atoms with Crippen molar-refractivity contribution in [2.45, 2.75) is 39.5 Å². The number of hydrogen-bond donors (Lipinski definition) is 1. The number of benzene rings is 2. The fourth-order valence-electron chi connectivity index (χ4n) is 3.42. The van der Waals surface area contributed by atoms with Crippen LogP contribution in [-0.2, 0) is 33.6 Å². The predicted octanol–water partition coefficient (Wildman–Crippen LogP) is 3.70. The monoisotopic (exact) mass is 397 g/mol. The maximum absolute atomic E-state index is 12.1. The highest BCUT2D eigenvalue weighted by Gasteiger charge is 2.14. The molecule has 0 bridgehead atoms. The fraction of sp³-hybridized carbons (Fsp3) is 0.391. The van der Waals surface area contributed by atoms with Crippen molar-refractivity contribution in [2.24, 2.45) is 0 Å². The molecule has 3 rings (SSSR count). The summed E-state index contributed by atoms with van der Waals surface area (Å²) in [4.78, 5) is 24.2. The molecule has 0 saturated heterocycles. The normalized spacial score (nSPS) is 12.2. The first-order valence-corrected chi connectivity index (χ1v) is 10.0. The van der Waals surface area contributed by atoms with Crippen molar-refractivity contribution < 1.29 is 23.8 Å². The first kappa shape index (κ1) is 20.7. The lowest BCUT2D eigenvalue weighted by Crippen LogP contribution is -2.21. The summed E-state index contributed by atoms with van der Waals surface area (Å²) in [6.07, 6.45) is 3.34. The van der Waals surface area contributed by atoms with Crippen LogP contribution in [0.4, 0.5) is 5.69 Å². The molecule has 0 saturated carbocycles. The Hall–Kier alpha value is -3.02. The lowest BCUT2D eigenvalue weighted by Gasteiger charge is -2.12. The highest BCUT2D eigenvalue weighted by atomic mass is 16.5. The van der Waals surface area contributed by atoms with Crippen LogP contribution in [0.2, 0.25) is 0 Å². The van der Waals surface area contributed by atoms with Crippen molar-refractivity contribution >= 4 is 17.6 Å². The Kier molecular flexibility index (Phi) is 7.11. The molecule has 2 aromatic carbocycles. The maximum atomic E-state index is 12.1. The lowest BCUT2D eigenvalue weighted by atomic mass is 10.1. The molecule has 1 aliphatic carbocycles. The smallest absolute Gasteiger partial charge is 0.310 e. The second-order valence-electron chi connectivity index (χ2n) is 6.87. The summed E-state index contributed by atoms with van der Waals surface area (Å²) in [6.45, 7) is 4.49. The number of hydrogen-bond acceptors (Lipinski definition) is 5. The van der Waals surface area contributed by atoms with Gasteiger partial charge in [0.05, 0.1) is 19.6 Å². The Labute approximate surface area is 171 Å². The second kappa shape index (κ2) is 9.96. The van der Waals surface area contributed by atoms with Crippen LogP contribution in [0.15, 0.2) is 36.4 Å². The number of carbonyl (C=O) groups excluding carboxylic acids is 2. The van der Waals surface area contributed by atoms with E-state index in [2.05, 4.69) is 5.32 Å². The van der Waals surface area contributed by atoms with Crippen molar-refractivity contribution in [3.05, 3.63) is 53.1 Å². The number of aryl methyl sites for hydroxylation is 2. The van der Waals surface area contributed by atoms with Crippen LogP contribution in [0, 0.1) is 0 Å². The van der Waals surface area contributed by atoms with Crippen molar-refractivity contribution in [3.63, 3.8) is 0 Å². The zero-order chi connectivity index (χ0) is 20.6. The average Bonchev–Trinajstić information content (AvgIpc) is 3.16. The second-order valence-corrected chi connectivity index (χ2v) is 6.87. The van der Waals surface area contributed by atoms with Crippen LogP contribution in [0.1, 0.15) is 37.0 Å². The molecular formula is C23H27NO5. The third kappa shape index (κ3) is 5.73. The van der Waals surface area contributed by atoms with Gasteiger partial charge >= 0.3 is 5.97 Å². The average molecular weight is 397 g/mol. The fourth-order valence-corrected chi connectivity index (χ4v) is 3.42. The van der Waals surface area contributed by atoms with Gasteiger partial charge in [0.15, 0.2) is 18.1 Å². The maximum Gasteiger partial charge on any atom is 0.310 e. The molecular weight excluding hydrogens is 370 g/mol. The number of ether oxygens (including phenoxy) is 3. The van der Waals surface area contributed by atoms with Crippen LogP contribution in [0.25, 0.3) is 0 Å². The van der Waals surface area contributed by atoms with Gasteiger partial charge in [0, 0.05) is 5.69 Å². The molecule has 6 heteroatoms. The molecule has 154 valence electrons. The number of anilines is 1. The van der Waals surface area contributed by atoms with E-state index in [1.807, 2.05) is 32.0 Å². The Balaban J connectivity index is 1.50. The Morgan fingerprint density at radius 1 is 0.931 bits per heavy atom. The van der Waals surface area contributed by atoms with Crippen molar-refractivity contribution in [1.82, 2.24) is 0 Å². The van der Waals surface area contributed by atoms with Gasteiger partial charge in [-0.25, -0.2) is 0 Å². The van der Waals surface area contributed by atoms with Crippen LogP contribution >= 0.6 is 0 Å². The van der Waals surface area contributed by atoms with Crippen LogP contribution < -0.4 is 14.8 Å². The highest BCUT2D eigenvalue weighted by Crippen LogP contribution is 2.29. The molecule has 0 atom stereocenters. The van der Waals surface area contributed by atoms with Crippen LogP contribution in [0.3, 0.4) is 0 Å². The molecule has 1 amide bonds. The van der Waals surface area contributed by atoms with Gasteiger partial charge in [0.25, 0.3) is 5.91 Å². The minimum absolute atomic E-state index is 0.0542. The van der Waals surface area contributed by atoms with Gasteiger partial charge in [-0.1, -0.05) is 12.1 Å². The minimum atomic E-state index is -0.472. The first-order chi connectivity index (χ1) is 14.1. The van der Waals surface area contributed by atoms with E-state index in [9.17, 15) is 9.59 Å². The standard InChI is InChI=1S/C23H27NO5/c1-3-27-20-11-8-16(12-21(20)28-4-2)13-23(26)29-15-22(25)24-19-10-9-17-6-5-7-18(17)14-19/h8-12,14H,3-7,13,15H2,1-2H3,(H,24,25). The molecule has 1 N–H and O–H groups in total. The largest absolute Gasteiger partial charge is 0.490 e. The highest BCUT2D eigenvalue weighted by molar-refractivity contribution is 5.93. The Bertz CT molecular complexity index is 878. The quantitative estimate of drug-likeness (QED) is 0.653. The molecule has 6 nitrogen and oxygen atoms in total. The Morgan fingerprint density at radius 2 is 1.69 bits per heavy atom. The molecule has 0 radical (unpaired) electrons. The van der Waals surface area contributed by atoms with Gasteiger partial charge in [-0.15, -0.1) is 0 Å². The number of rotatable bonds is 9. The van der Waals surface area contributed by atoms with Gasteiger partial charge in [-0.2, -0.15) is 0 Å². The molecule has 0 heterocycles. The van der Waals surface area contributed by atoms with Crippen molar-refractivity contribution in [1.29, 1.82) is 0 Å². The van der Waals surface area contributed by atoms with Crippen molar-refractivity contribution in [2.75, 3.05) is 25.1 Å². The predicted molar refractivity (Wildman–Crippen MR) is 111 cm³/mol. The van der Waals surface area contributed by atoms with Gasteiger partial charge in [0.1, 0.15) is 0 Å². The number of esters is 1. The summed E-state index contributed by atoms with van der Waals surface area (Å²) in [5.74, 6) is 0.410. The number of fused-ring (bicyclic) bond motifs is 1. The van der Waals surface area contributed by atoms with E-state index in [1.54, 1.807) is 18.2 Å². The Morgan fingerprint density at radius 3 is 2.48 bits per heavy atom.